The molecule has 8 nitrogen and oxygen atoms in total. The van der Waals surface area contributed by atoms with E-state index in [2.05, 4.69) is 15.3 Å². The van der Waals surface area contributed by atoms with Crippen LogP contribution in [0.15, 0.2) is 6.20 Å². The molecule has 9 heteroatoms. The lowest BCUT2D eigenvalue weighted by atomic mass is 9.94. The van der Waals surface area contributed by atoms with Crippen molar-refractivity contribution in [3.05, 3.63) is 21.6 Å². The molecule has 104 valence electrons. The molecule has 1 saturated heterocycles. The Hall–Kier alpha value is -1.51. The smallest absolute Gasteiger partial charge is 0.329 e. The molecule has 0 spiro atoms. The van der Waals surface area contributed by atoms with Crippen molar-refractivity contribution in [2.45, 2.75) is 18.4 Å². The molecule has 1 fully saturated rings. The molecule has 0 bridgehead atoms. The van der Waals surface area contributed by atoms with Gasteiger partial charge in [0.15, 0.2) is 0 Å². The highest BCUT2D eigenvalue weighted by molar-refractivity contribution is 6.28. The first-order valence-corrected chi connectivity index (χ1v) is 6.09. The Balaban J connectivity index is 2.10. The van der Waals surface area contributed by atoms with E-state index >= 15 is 0 Å². The summed E-state index contributed by atoms with van der Waals surface area (Å²) in [5.74, 6) is 0.00455. The largest absolute Gasteiger partial charge is 0.388 e. The number of hydrogen-bond acceptors (Lipinski definition) is 7. The van der Waals surface area contributed by atoms with Crippen LogP contribution >= 0.6 is 11.6 Å². The topological polar surface area (TPSA) is 110 Å². The van der Waals surface area contributed by atoms with E-state index in [0.717, 1.165) is 6.20 Å². The number of nitrogens with one attached hydrogen (secondary N) is 1. The Labute approximate surface area is 113 Å². The zero-order chi connectivity index (χ0) is 13.9. The van der Waals surface area contributed by atoms with Crippen LogP contribution in [0.1, 0.15) is 12.8 Å². The monoisotopic (exact) mass is 288 g/mol. The molecule has 0 unspecified atom stereocenters. The van der Waals surface area contributed by atoms with Crippen LogP contribution in [0.5, 0.6) is 0 Å². The summed E-state index contributed by atoms with van der Waals surface area (Å²) in [5.41, 5.74) is -1.23. The predicted octanol–water partition coefficient (Wildman–Crippen LogP) is 0.992. The second-order valence-electron chi connectivity index (χ2n) is 4.32. The molecule has 1 aliphatic heterocycles. The van der Waals surface area contributed by atoms with Gasteiger partial charge < -0.3 is 15.2 Å². The molecule has 0 aliphatic carbocycles. The minimum atomic E-state index is -0.955. The van der Waals surface area contributed by atoms with Crippen LogP contribution < -0.4 is 5.32 Å². The summed E-state index contributed by atoms with van der Waals surface area (Å²) < 4.78 is 5.16. The summed E-state index contributed by atoms with van der Waals surface area (Å²) in [6.07, 6.45) is 1.96. The molecule has 0 radical (unpaired) electrons. The van der Waals surface area contributed by atoms with Gasteiger partial charge in [-0.25, -0.2) is 4.98 Å². The van der Waals surface area contributed by atoms with Gasteiger partial charge in [0.05, 0.1) is 10.5 Å². The minimum absolute atomic E-state index is 0.00455. The van der Waals surface area contributed by atoms with Crippen LogP contribution in [0, 0.1) is 10.1 Å². The Bertz CT molecular complexity index is 479. The van der Waals surface area contributed by atoms with E-state index in [1.54, 1.807) is 0 Å². The fourth-order valence-corrected chi connectivity index (χ4v) is 1.93. The van der Waals surface area contributed by atoms with Crippen molar-refractivity contribution in [2.24, 2.45) is 0 Å². The van der Waals surface area contributed by atoms with Gasteiger partial charge in [-0.2, -0.15) is 4.98 Å². The lowest BCUT2D eigenvalue weighted by Crippen LogP contribution is -2.42. The van der Waals surface area contributed by atoms with E-state index in [0.29, 0.717) is 26.1 Å². The molecule has 1 aliphatic rings. The van der Waals surface area contributed by atoms with Gasteiger partial charge in [-0.15, -0.1) is 0 Å². The van der Waals surface area contributed by atoms with Crippen molar-refractivity contribution in [3.63, 3.8) is 0 Å². The Morgan fingerprint density at radius 1 is 1.58 bits per heavy atom. The molecule has 0 atom stereocenters. The molecule has 19 heavy (non-hydrogen) atoms. The summed E-state index contributed by atoms with van der Waals surface area (Å²) in [6.45, 7) is 1.07. The lowest BCUT2D eigenvalue weighted by Gasteiger charge is -2.32. The van der Waals surface area contributed by atoms with Crippen LogP contribution in [0.25, 0.3) is 0 Å². The quantitative estimate of drug-likeness (QED) is 0.483. The van der Waals surface area contributed by atoms with Gasteiger partial charge in [0.25, 0.3) is 0 Å². The summed E-state index contributed by atoms with van der Waals surface area (Å²) in [5, 5.41) is 23.7. The van der Waals surface area contributed by atoms with E-state index in [-0.39, 0.29) is 23.3 Å². The molecule has 1 aromatic heterocycles. The molecule has 2 rings (SSSR count). The van der Waals surface area contributed by atoms with Crippen LogP contribution in [0.2, 0.25) is 5.28 Å². The first-order valence-electron chi connectivity index (χ1n) is 5.71. The third-order valence-corrected chi connectivity index (χ3v) is 3.13. The van der Waals surface area contributed by atoms with E-state index in [4.69, 9.17) is 16.3 Å². The van der Waals surface area contributed by atoms with Crippen LogP contribution in [0.4, 0.5) is 11.5 Å². The number of halogens is 1. The Kier molecular flexibility index (Phi) is 4.13. The van der Waals surface area contributed by atoms with Gasteiger partial charge in [0, 0.05) is 32.6 Å². The lowest BCUT2D eigenvalue weighted by molar-refractivity contribution is -0.384. The number of hydrogen-bond donors (Lipinski definition) is 2. The molecule has 1 aromatic rings. The van der Waals surface area contributed by atoms with Crippen LogP contribution in [0.3, 0.4) is 0 Å². The SMILES string of the molecule is O=[N+]([O-])c1cnc(Cl)nc1NCC1(O)CCOCC1. The van der Waals surface area contributed by atoms with E-state index in [1.807, 2.05) is 0 Å². The number of ether oxygens (including phenoxy) is 1. The number of nitro groups is 1. The molecular weight excluding hydrogens is 276 g/mol. The third-order valence-electron chi connectivity index (χ3n) is 2.95. The summed E-state index contributed by atoms with van der Waals surface area (Å²) >= 11 is 5.61. The normalized spacial score (nSPS) is 18.0. The molecule has 0 saturated carbocycles. The van der Waals surface area contributed by atoms with Crippen molar-refractivity contribution in [2.75, 3.05) is 25.1 Å². The predicted molar refractivity (Wildman–Crippen MR) is 67.2 cm³/mol. The van der Waals surface area contributed by atoms with Gasteiger partial charge >= 0.3 is 5.69 Å². The minimum Gasteiger partial charge on any atom is -0.388 e. The fraction of sp³-hybridized carbons (Fsp3) is 0.600. The van der Waals surface area contributed by atoms with Crippen molar-refractivity contribution in [1.29, 1.82) is 0 Å². The highest BCUT2D eigenvalue weighted by Gasteiger charge is 2.30. The fourth-order valence-electron chi connectivity index (χ4n) is 1.79. The number of nitrogens with zero attached hydrogens (tertiary/aromatic N) is 3. The first kappa shape index (κ1) is 13.9. The van der Waals surface area contributed by atoms with E-state index < -0.39 is 10.5 Å². The summed E-state index contributed by atoms with van der Waals surface area (Å²) in [4.78, 5) is 17.6. The third kappa shape index (κ3) is 3.49. The Morgan fingerprint density at radius 2 is 2.26 bits per heavy atom. The maximum absolute atomic E-state index is 10.8. The zero-order valence-corrected chi connectivity index (χ0v) is 10.8. The van der Waals surface area contributed by atoms with Crippen molar-refractivity contribution in [3.8, 4) is 0 Å². The summed E-state index contributed by atoms with van der Waals surface area (Å²) in [7, 11) is 0. The van der Waals surface area contributed by atoms with E-state index in [9.17, 15) is 15.2 Å². The van der Waals surface area contributed by atoms with Crippen molar-refractivity contribution >= 4 is 23.1 Å². The maximum atomic E-state index is 10.8. The molecule has 0 amide bonds. The van der Waals surface area contributed by atoms with Crippen molar-refractivity contribution in [1.82, 2.24) is 9.97 Å². The number of anilines is 1. The highest BCUT2D eigenvalue weighted by atomic mass is 35.5. The van der Waals surface area contributed by atoms with Gasteiger partial charge in [-0.05, 0) is 11.6 Å². The zero-order valence-electron chi connectivity index (χ0n) is 10.0. The number of aromatic nitrogens is 2. The number of rotatable bonds is 4. The van der Waals surface area contributed by atoms with Gasteiger partial charge in [0.2, 0.25) is 11.1 Å². The van der Waals surface area contributed by atoms with Gasteiger partial charge in [-0.3, -0.25) is 10.1 Å². The van der Waals surface area contributed by atoms with E-state index in [1.165, 1.54) is 0 Å². The first-order chi connectivity index (χ1) is 9.00. The van der Waals surface area contributed by atoms with Crippen LogP contribution in [-0.4, -0.2) is 45.4 Å². The molecule has 2 N–H and O–H groups in total. The average Bonchev–Trinajstić information content (AvgIpc) is 2.37. The highest BCUT2D eigenvalue weighted by Crippen LogP contribution is 2.25. The molecule has 2 heterocycles. The summed E-state index contributed by atoms with van der Waals surface area (Å²) in [6, 6.07) is 0. The van der Waals surface area contributed by atoms with Crippen molar-refractivity contribution < 1.29 is 14.8 Å². The second-order valence-corrected chi connectivity index (χ2v) is 4.66. The second kappa shape index (κ2) is 5.64. The maximum Gasteiger partial charge on any atom is 0.329 e. The van der Waals surface area contributed by atoms with Crippen LogP contribution in [-0.2, 0) is 4.74 Å². The molecular formula is C10H13ClN4O4. The standard InChI is InChI=1S/C10H13ClN4O4/c11-9-12-5-7(15(17)18)8(14-9)13-6-10(16)1-3-19-4-2-10/h5,16H,1-4,6H2,(H,12,13,14). The molecule has 0 aromatic carbocycles. The number of aliphatic hydroxyl groups is 1. The average molecular weight is 289 g/mol. The Morgan fingerprint density at radius 3 is 2.89 bits per heavy atom. The van der Waals surface area contributed by atoms with Gasteiger partial charge in [-0.1, -0.05) is 0 Å². The van der Waals surface area contributed by atoms with Gasteiger partial charge in [0.1, 0.15) is 6.20 Å².